The quantitative estimate of drug-likeness (QED) is 0.832. The molecule has 1 saturated carbocycles. The number of likely N-dealkylation sites (tertiary alicyclic amines) is 2. The number of carbonyl (C=O) groups excluding carboxylic acids is 2. The molecule has 4 aliphatic rings. The van der Waals surface area contributed by atoms with Gasteiger partial charge in [-0.15, -0.1) is 0 Å². The lowest BCUT2D eigenvalue weighted by molar-refractivity contribution is -0.136. The molecule has 0 unspecified atom stereocenters. The SMILES string of the molecule is O=C(CCC[C@H]1NC[C@@H]2C[C@@H]1CN(C(=O)C1CC1)C2)N1CCCC1. The molecule has 0 radical (unpaired) electrons. The Morgan fingerprint density at radius 2 is 1.83 bits per heavy atom. The van der Waals surface area contributed by atoms with Crippen LogP contribution in [-0.2, 0) is 9.59 Å². The molecule has 5 nitrogen and oxygen atoms in total. The van der Waals surface area contributed by atoms with Crippen molar-refractivity contribution in [2.24, 2.45) is 17.8 Å². The minimum Gasteiger partial charge on any atom is -0.343 e. The van der Waals surface area contributed by atoms with E-state index in [0.717, 1.165) is 58.4 Å². The lowest BCUT2D eigenvalue weighted by Crippen LogP contribution is -2.57. The van der Waals surface area contributed by atoms with E-state index in [1.165, 1.54) is 19.3 Å². The maximum absolute atomic E-state index is 12.4. The summed E-state index contributed by atoms with van der Waals surface area (Å²) in [4.78, 5) is 28.8. The zero-order chi connectivity index (χ0) is 16.5. The third-order valence-electron chi connectivity index (χ3n) is 6.41. The molecule has 134 valence electrons. The van der Waals surface area contributed by atoms with Crippen molar-refractivity contribution >= 4 is 11.8 Å². The van der Waals surface area contributed by atoms with Crippen molar-refractivity contribution in [3.05, 3.63) is 0 Å². The van der Waals surface area contributed by atoms with Crippen molar-refractivity contribution in [3.8, 4) is 0 Å². The lowest BCUT2D eigenvalue weighted by Gasteiger charge is -2.46. The monoisotopic (exact) mass is 333 g/mol. The third kappa shape index (κ3) is 3.61. The molecule has 0 aromatic carbocycles. The van der Waals surface area contributed by atoms with Crippen LogP contribution in [0.2, 0.25) is 0 Å². The molecule has 3 atom stereocenters. The van der Waals surface area contributed by atoms with E-state index in [9.17, 15) is 9.59 Å². The average Bonchev–Trinajstić information content (AvgIpc) is 3.29. The molecule has 3 saturated heterocycles. The lowest BCUT2D eigenvalue weighted by atomic mass is 9.79. The van der Waals surface area contributed by atoms with Crippen LogP contribution in [0.15, 0.2) is 0 Å². The Kier molecular flexibility index (Phi) is 4.79. The fourth-order valence-electron chi connectivity index (χ4n) is 4.87. The van der Waals surface area contributed by atoms with Gasteiger partial charge in [0.1, 0.15) is 0 Å². The van der Waals surface area contributed by atoms with Gasteiger partial charge in [0.15, 0.2) is 0 Å². The smallest absolute Gasteiger partial charge is 0.225 e. The summed E-state index contributed by atoms with van der Waals surface area (Å²) in [5.74, 6) is 2.31. The molecule has 5 heteroatoms. The van der Waals surface area contributed by atoms with Gasteiger partial charge in [0.05, 0.1) is 0 Å². The standard InChI is InChI=1S/C19H31N3O2/c23-18(21-8-1-2-9-21)5-3-4-17-16-10-14(11-20-17)12-22(13-16)19(24)15-6-7-15/h14-17,20H,1-13H2/t14-,16+,17+/m0/s1. The predicted molar refractivity (Wildman–Crippen MR) is 92.4 cm³/mol. The average molecular weight is 333 g/mol. The van der Waals surface area contributed by atoms with E-state index in [1.54, 1.807) is 0 Å². The highest BCUT2D eigenvalue weighted by molar-refractivity contribution is 5.81. The summed E-state index contributed by atoms with van der Waals surface area (Å²) in [5, 5.41) is 3.71. The van der Waals surface area contributed by atoms with Crippen LogP contribution in [0.3, 0.4) is 0 Å². The minimum atomic E-state index is 0.341. The summed E-state index contributed by atoms with van der Waals surface area (Å²) in [6.45, 7) is 4.85. The summed E-state index contributed by atoms with van der Waals surface area (Å²) in [7, 11) is 0. The van der Waals surface area contributed by atoms with E-state index in [4.69, 9.17) is 0 Å². The van der Waals surface area contributed by atoms with Gasteiger partial charge in [0, 0.05) is 44.6 Å². The largest absolute Gasteiger partial charge is 0.343 e. The van der Waals surface area contributed by atoms with E-state index >= 15 is 0 Å². The highest BCUT2D eigenvalue weighted by Gasteiger charge is 2.41. The Labute approximate surface area is 145 Å². The van der Waals surface area contributed by atoms with Crippen LogP contribution >= 0.6 is 0 Å². The van der Waals surface area contributed by atoms with Crippen LogP contribution in [0.4, 0.5) is 0 Å². The molecule has 4 fully saturated rings. The van der Waals surface area contributed by atoms with E-state index in [-0.39, 0.29) is 0 Å². The molecule has 4 rings (SSSR count). The molecule has 0 aromatic heterocycles. The molecule has 0 aromatic rings. The minimum absolute atomic E-state index is 0.341. The van der Waals surface area contributed by atoms with E-state index in [0.29, 0.717) is 42.0 Å². The summed E-state index contributed by atoms with van der Waals surface area (Å²) in [6, 6.07) is 0.488. The number of amides is 2. The van der Waals surface area contributed by atoms with Crippen LogP contribution in [0.5, 0.6) is 0 Å². The van der Waals surface area contributed by atoms with Crippen molar-refractivity contribution in [1.82, 2.24) is 15.1 Å². The summed E-state index contributed by atoms with van der Waals surface area (Å²) in [6.07, 6.45) is 8.54. The van der Waals surface area contributed by atoms with Crippen LogP contribution in [0.1, 0.15) is 51.4 Å². The highest BCUT2D eigenvalue weighted by Crippen LogP contribution is 2.35. The van der Waals surface area contributed by atoms with Gasteiger partial charge in [-0.2, -0.15) is 0 Å². The molecule has 1 N–H and O–H groups in total. The van der Waals surface area contributed by atoms with Crippen LogP contribution < -0.4 is 5.32 Å². The summed E-state index contributed by atoms with van der Waals surface area (Å²) < 4.78 is 0. The number of nitrogens with one attached hydrogen (secondary N) is 1. The zero-order valence-electron chi connectivity index (χ0n) is 14.7. The van der Waals surface area contributed by atoms with Crippen molar-refractivity contribution in [2.75, 3.05) is 32.7 Å². The number of hydrogen-bond acceptors (Lipinski definition) is 3. The number of fused-ring (bicyclic) bond motifs is 2. The van der Waals surface area contributed by atoms with Gasteiger partial charge >= 0.3 is 0 Å². The molecule has 24 heavy (non-hydrogen) atoms. The Morgan fingerprint density at radius 1 is 1.04 bits per heavy atom. The van der Waals surface area contributed by atoms with Gasteiger partial charge in [-0.1, -0.05) is 0 Å². The van der Waals surface area contributed by atoms with Gasteiger partial charge in [-0.3, -0.25) is 9.59 Å². The van der Waals surface area contributed by atoms with Crippen molar-refractivity contribution in [1.29, 1.82) is 0 Å². The number of carbonyl (C=O) groups is 2. The van der Waals surface area contributed by atoms with Gasteiger partial charge in [0.25, 0.3) is 0 Å². The Balaban J connectivity index is 1.25. The predicted octanol–water partition coefficient (Wildman–Crippen LogP) is 1.63. The highest BCUT2D eigenvalue weighted by atomic mass is 16.2. The van der Waals surface area contributed by atoms with E-state index < -0.39 is 0 Å². The Morgan fingerprint density at radius 3 is 2.58 bits per heavy atom. The first-order chi connectivity index (χ1) is 11.7. The second kappa shape index (κ2) is 7.03. The molecule has 3 aliphatic heterocycles. The zero-order valence-corrected chi connectivity index (χ0v) is 14.7. The van der Waals surface area contributed by atoms with Gasteiger partial charge in [-0.05, 0) is 63.3 Å². The van der Waals surface area contributed by atoms with Crippen LogP contribution in [0.25, 0.3) is 0 Å². The number of rotatable bonds is 5. The Hall–Kier alpha value is -1.10. The van der Waals surface area contributed by atoms with Crippen LogP contribution in [-0.4, -0.2) is 60.4 Å². The molecule has 2 bridgehead atoms. The Bertz CT molecular complexity index is 485. The third-order valence-corrected chi connectivity index (χ3v) is 6.41. The maximum atomic E-state index is 12.4. The second-order valence-electron chi connectivity index (χ2n) is 8.37. The molecule has 0 spiro atoms. The first kappa shape index (κ1) is 16.4. The van der Waals surface area contributed by atoms with Gasteiger partial charge in [0.2, 0.25) is 11.8 Å². The number of hydrogen-bond donors (Lipinski definition) is 1. The van der Waals surface area contributed by atoms with Crippen molar-refractivity contribution in [3.63, 3.8) is 0 Å². The fourth-order valence-corrected chi connectivity index (χ4v) is 4.87. The normalized spacial score (nSPS) is 32.9. The van der Waals surface area contributed by atoms with Crippen molar-refractivity contribution in [2.45, 2.75) is 57.4 Å². The maximum Gasteiger partial charge on any atom is 0.225 e. The molecule has 2 amide bonds. The molecular weight excluding hydrogens is 302 g/mol. The molecule has 1 aliphatic carbocycles. The molecular formula is C19H31N3O2. The second-order valence-corrected chi connectivity index (χ2v) is 8.37. The molecule has 3 heterocycles. The van der Waals surface area contributed by atoms with E-state index in [2.05, 4.69) is 10.2 Å². The first-order valence-corrected chi connectivity index (χ1v) is 10.0. The fraction of sp³-hybridized carbons (Fsp3) is 0.895. The van der Waals surface area contributed by atoms with Crippen molar-refractivity contribution < 1.29 is 9.59 Å². The first-order valence-electron chi connectivity index (χ1n) is 10.0. The van der Waals surface area contributed by atoms with Gasteiger partial charge in [-0.25, -0.2) is 0 Å². The van der Waals surface area contributed by atoms with Crippen LogP contribution in [0, 0.1) is 17.8 Å². The number of nitrogens with zero attached hydrogens (tertiary/aromatic N) is 2. The number of piperidine rings is 2. The summed E-state index contributed by atoms with van der Waals surface area (Å²) in [5.41, 5.74) is 0. The topological polar surface area (TPSA) is 52.7 Å². The van der Waals surface area contributed by atoms with Gasteiger partial charge < -0.3 is 15.1 Å². The summed E-state index contributed by atoms with van der Waals surface area (Å²) >= 11 is 0. The van der Waals surface area contributed by atoms with E-state index in [1.807, 2.05) is 4.90 Å².